The number of aliphatic hydroxyl groups excluding tert-OH is 3. The first-order valence-electron chi connectivity index (χ1n) is 20.5. The zero-order valence-electron chi connectivity index (χ0n) is 34.9. The number of ether oxygens (including phenoxy) is 3. The number of halogens is 3. The van der Waals surface area contributed by atoms with Crippen LogP contribution in [-0.4, -0.2) is 75.3 Å². The Labute approximate surface area is 358 Å². The largest absolute Gasteiger partial charge is 0.491 e. The molecule has 1 heterocycles. The Morgan fingerprint density at radius 2 is 1.73 bits per heavy atom. The molecule has 1 aromatic heterocycles. The van der Waals surface area contributed by atoms with Crippen LogP contribution in [0.5, 0.6) is 5.75 Å². The topological polar surface area (TPSA) is 177 Å². The molecule has 15 heteroatoms. The molecular weight excluding hydrogens is 808 g/mol. The number of anilines is 1. The lowest BCUT2D eigenvalue weighted by atomic mass is 9.89. The number of alkyl carbamates (subject to hydrolysis) is 1. The van der Waals surface area contributed by atoms with Crippen molar-refractivity contribution in [3.8, 4) is 5.75 Å². The predicted molar refractivity (Wildman–Crippen MR) is 227 cm³/mol. The molecule has 5 N–H and O–H groups in total. The molecule has 1 saturated carbocycles. The number of pyridine rings is 1. The number of esters is 1. The van der Waals surface area contributed by atoms with Crippen molar-refractivity contribution in [1.29, 1.82) is 0 Å². The molecule has 4 aromatic rings. The number of unbranched alkanes of at least 4 members (excludes halogenated alkanes) is 1. The summed E-state index contributed by atoms with van der Waals surface area (Å²) in [6.07, 6.45) is 4.08. The van der Waals surface area contributed by atoms with Crippen molar-refractivity contribution >= 4 is 34.4 Å². The van der Waals surface area contributed by atoms with E-state index in [1.54, 1.807) is 69.6 Å². The highest BCUT2D eigenvalue weighted by atomic mass is 19.4. The van der Waals surface area contributed by atoms with Gasteiger partial charge in [-0.1, -0.05) is 60.7 Å². The maximum atomic E-state index is 13.6. The van der Waals surface area contributed by atoms with Gasteiger partial charge in [0.1, 0.15) is 30.7 Å². The molecular formula is C47H54F3N3O9. The van der Waals surface area contributed by atoms with E-state index < -0.39 is 53.6 Å². The SMILES string of the molecule is CC(C)(C)OC(=O)NCC(C(=O)Nc1ccc2cnccc2c1)c1ccc(COC(=O)CCC/C=C\CC2[C@@H](/C=C/[C@@H](O)COc3cccc(C(F)(F)F)c3)[C@H](O)C[C@@H]2O)cc1. The maximum absolute atomic E-state index is 13.6. The van der Waals surface area contributed by atoms with E-state index in [-0.39, 0.29) is 56.1 Å². The first kappa shape index (κ1) is 47.3. The van der Waals surface area contributed by atoms with Gasteiger partial charge < -0.3 is 40.2 Å². The van der Waals surface area contributed by atoms with Crippen molar-refractivity contribution in [1.82, 2.24) is 10.3 Å². The van der Waals surface area contributed by atoms with Gasteiger partial charge in [0.05, 0.1) is 23.7 Å². The number of carbonyl (C=O) groups is 3. The fourth-order valence-electron chi connectivity index (χ4n) is 7.03. The summed E-state index contributed by atoms with van der Waals surface area (Å²) in [6, 6.07) is 18.7. The number of allylic oxidation sites excluding steroid dienone is 2. The molecule has 5 rings (SSSR count). The normalized spacial score (nSPS) is 19.0. The van der Waals surface area contributed by atoms with E-state index in [0.29, 0.717) is 36.1 Å². The lowest BCUT2D eigenvalue weighted by Crippen LogP contribution is -2.37. The van der Waals surface area contributed by atoms with Crippen molar-refractivity contribution in [2.45, 2.75) is 95.5 Å². The zero-order chi connectivity index (χ0) is 44.9. The Bertz CT molecular complexity index is 2170. The van der Waals surface area contributed by atoms with Crippen molar-refractivity contribution in [3.63, 3.8) is 0 Å². The molecule has 12 nitrogen and oxygen atoms in total. The van der Waals surface area contributed by atoms with Crippen LogP contribution in [0, 0.1) is 11.8 Å². The Morgan fingerprint density at radius 3 is 2.47 bits per heavy atom. The summed E-state index contributed by atoms with van der Waals surface area (Å²) >= 11 is 0. The fourth-order valence-corrected chi connectivity index (χ4v) is 7.03. The second-order valence-electron chi connectivity index (χ2n) is 16.3. The quantitative estimate of drug-likeness (QED) is 0.0374. The van der Waals surface area contributed by atoms with Gasteiger partial charge >= 0.3 is 18.2 Å². The lowest BCUT2D eigenvalue weighted by Gasteiger charge is -2.22. The summed E-state index contributed by atoms with van der Waals surface area (Å²) in [5, 5.41) is 39.0. The van der Waals surface area contributed by atoms with Crippen molar-refractivity contribution in [3.05, 3.63) is 126 Å². The number of benzene rings is 3. The number of aromatic nitrogens is 1. The summed E-state index contributed by atoms with van der Waals surface area (Å²) in [6.45, 7) is 4.94. The van der Waals surface area contributed by atoms with Gasteiger partial charge in [-0.25, -0.2) is 4.79 Å². The summed E-state index contributed by atoms with van der Waals surface area (Å²) in [5.74, 6) is -2.33. The Morgan fingerprint density at radius 1 is 0.952 bits per heavy atom. The molecule has 0 aliphatic heterocycles. The Balaban J connectivity index is 1.06. The number of amides is 2. The van der Waals surface area contributed by atoms with Gasteiger partial charge in [-0.2, -0.15) is 13.2 Å². The van der Waals surface area contributed by atoms with Crippen LogP contribution in [-0.2, 0) is 31.8 Å². The second kappa shape index (κ2) is 21.8. The van der Waals surface area contributed by atoms with Crippen LogP contribution in [0.1, 0.15) is 75.5 Å². The molecule has 1 aliphatic carbocycles. The smallest absolute Gasteiger partial charge is 0.416 e. The Kier molecular flexibility index (Phi) is 16.7. The minimum absolute atomic E-state index is 0.0246. The van der Waals surface area contributed by atoms with Crippen LogP contribution >= 0.6 is 0 Å². The number of hydrogen-bond donors (Lipinski definition) is 5. The zero-order valence-corrected chi connectivity index (χ0v) is 34.9. The van der Waals surface area contributed by atoms with Crippen LogP contribution in [0.2, 0.25) is 0 Å². The van der Waals surface area contributed by atoms with E-state index in [1.807, 2.05) is 30.4 Å². The minimum Gasteiger partial charge on any atom is -0.491 e. The van der Waals surface area contributed by atoms with Gasteiger partial charge in [-0.3, -0.25) is 14.6 Å². The monoisotopic (exact) mass is 861 g/mol. The van der Waals surface area contributed by atoms with Crippen molar-refractivity contribution in [2.75, 3.05) is 18.5 Å². The highest BCUT2D eigenvalue weighted by molar-refractivity contribution is 5.98. The molecule has 0 spiro atoms. The fraction of sp³-hybridized carbons (Fsp3) is 0.404. The van der Waals surface area contributed by atoms with Crippen LogP contribution in [0.25, 0.3) is 10.8 Å². The maximum Gasteiger partial charge on any atom is 0.416 e. The third-order valence-electron chi connectivity index (χ3n) is 10.2. The van der Waals surface area contributed by atoms with Gasteiger partial charge in [0, 0.05) is 48.8 Å². The molecule has 2 unspecified atom stereocenters. The predicted octanol–water partition coefficient (Wildman–Crippen LogP) is 8.01. The molecule has 3 aromatic carbocycles. The molecule has 6 atom stereocenters. The van der Waals surface area contributed by atoms with Gasteiger partial charge in [0.15, 0.2) is 0 Å². The summed E-state index contributed by atoms with van der Waals surface area (Å²) < 4.78 is 55.2. The van der Waals surface area contributed by atoms with E-state index in [1.165, 1.54) is 18.2 Å². The Hall–Kier alpha value is -5.77. The number of rotatable bonds is 18. The van der Waals surface area contributed by atoms with Crippen molar-refractivity contribution in [2.24, 2.45) is 11.8 Å². The van der Waals surface area contributed by atoms with E-state index in [2.05, 4.69) is 15.6 Å². The summed E-state index contributed by atoms with van der Waals surface area (Å²) in [4.78, 5) is 42.8. The van der Waals surface area contributed by atoms with Crippen LogP contribution < -0.4 is 15.4 Å². The minimum atomic E-state index is -4.52. The van der Waals surface area contributed by atoms with E-state index >= 15 is 0 Å². The molecule has 0 saturated heterocycles. The highest BCUT2D eigenvalue weighted by Crippen LogP contribution is 2.37. The summed E-state index contributed by atoms with van der Waals surface area (Å²) in [5.41, 5.74) is 0.347. The first-order valence-corrected chi connectivity index (χ1v) is 20.5. The highest BCUT2D eigenvalue weighted by Gasteiger charge is 2.39. The molecule has 62 heavy (non-hydrogen) atoms. The van der Waals surface area contributed by atoms with E-state index in [4.69, 9.17) is 14.2 Å². The van der Waals surface area contributed by atoms with Crippen molar-refractivity contribution < 1.29 is 57.1 Å². The van der Waals surface area contributed by atoms with Crippen LogP contribution in [0.4, 0.5) is 23.7 Å². The third kappa shape index (κ3) is 14.7. The lowest BCUT2D eigenvalue weighted by molar-refractivity contribution is -0.145. The molecule has 1 fully saturated rings. The standard InChI is InChI=1S/C47H54F3N3O9/c1-46(2,3)62-45(59)52-27-40(44(58)53-35-18-17-33-26-51-22-21-32(33)23-35)31-15-13-30(14-16-31)28-61-43(57)12-7-5-4-6-11-38-39(42(56)25-41(38)55)20-19-36(54)29-60-37-10-8-9-34(24-37)47(48,49)50/h4,6,8-10,13-24,26,36,38-42,54-56H,5,7,11-12,25,27-29H2,1-3H3,(H,52,59)(H,53,58)/b6-4-,20-19+/t36-,38?,39-,40?,41+,42-/m1/s1. The number of nitrogens with zero attached hydrogens (tertiary/aromatic N) is 1. The summed E-state index contributed by atoms with van der Waals surface area (Å²) in [7, 11) is 0. The molecule has 1 aliphatic rings. The number of alkyl halides is 3. The molecule has 332 valence electrons. The van der Waals surface area contributed by atoms with Gasteiger partial charge in [0.25, 0.3) is 0 Å². The molecule has 0 bridgehead atoms. The third-order valence-corrected chi connectivity index (χ3v) is 10.2. The molecule has 0 radical (unpaired) electrons. The van der Waals surface area contributed by atoms with E-state index in [9.17, 15) is 42.9 Å². The number of aliphatic hydroxyl groups is 3. The van der Waals surface area contributed by atoms with Crippen LogP contribution in [0.3, 0.4) is 0 Å². The number of carbonyl (C=O) groups excluding carboxylic acids is 3. The first-order chi connectivity index (χ1) is 29.4. The average Bonchev–Trinajstić information content (AvgIpc) is 3.49. The van der Waals surface area contributed by atoms with Gasteiger partial charge in [-0.05, 0) is 98.9 Å². The number of fused-ring (bicyclic) bond motifs is 1. The van der Waals surface area contributed by atoms with E-state index in [0.717, 1.165) is 22.9 Å². The average molecular weight is 862 g/mol. The number of nitrogens with one attached hydrogen (secondary N) is 2. The number of hydrogen-bond acceptors (Lipinski definition) is 10. The van der Waals surface area contributed by atoms with Crippen LogP contribution in [0.15, 0.2) is 109 Å². The van der Waals surface area contributed by atoms with Gasteiger partial charge in [0.2, 0.25) is 5.91 Å². The molecule has 2 amide bonds. The van der Waals surface area contributed by atoms with Gasteiger partial charge in [-0.15, -0.1) is 0 Å². The second-order valence-corrected chi connectivity index (χ2v) is 16.3.